The number of hydrogen-bond acceptors (Lipinski definition) is 2. The molecule has 0 bridgehead atoms. The number of aliphatic imine (C=N–C) groups is 1. The van der Waals surface area contributed by atoms with Gasteiger partial charge in [-0.05, 0) is 43.9 Å². The Balaban J connectivity index is 1.58. The highest BCUT2D eigenvalue weighted by molar-refractivity contribution is 8.14. The number of hydrogen-bond donors (Lipinski definition) is 1. The molecule has 2 saturated carbocycles. The van der Waals surface area contributed by atoms with Crippen molar-refractivity contribution in [1.29, 1.82) is 0 Å². The van der Waals surface area contributed by atoms with Gasteiger partial charge in [-0.25, -0.2) is 0 Å². The van der Waals surface area contributed by atoms with E-state index in [-0.39, 0.29) is 0 Å². The van der Waals surface area contributed by atoms with Crippen LogP contribution in [0.2, 0.25) is 0 Å². The molecule has 2 nitrogen and oxygen atoms in total. The molecule has 2 atom stereocenters. The maximum atomic E-state index is 4.88. The summed E-state index contributed by atoms with van der Waals surface area (Å²) in [6, 6.07) is 0.646. The van der Waals surface area contributed by atoms with Gasteiger partial charge in [-0.3, -0.25) is 4.99 Å². The third-order valence-corrected chi connectivity index (χ3v) is 5.96. The molecule has 96 valence electrons. The number of nitrogens with zero attached hydrogens (tertiary/aromatic N) is 1. The summed E-state index contributed by atoms with van der Waals surface area (Å²) in [5, 5.41) is 5.01. The van der Waals surface area contributed by atoms with Crippen molar-refractivity contribution in [2.24, 2.45) is 16.8 Å². The Morgan fingerprint density at radius 3 is 2.82 bits per heavy atom. The van der Waals surface area contributed by atoms with Gasteiger partial charge < -0.3 is 5.32 Å². The first kappa shape index (κ1) is 11.9. The zero-order valence-electron chi connectivity index (χ0n) is 11.0. The average molecular weight is 252 g/mol. The van der Waals surface area contributed by atoms with Crippen LogP contribution in [0.4, 0.5) is 0 Å². The Bertz CT molecular complexity index is 318. The summed E-state index contributed by atoms with van der Waals surface area (Å²) < 4.78 is 0. The SMILES string of the molecule is CCC1CC1N=C1NC2(CCC(C)CC2)CS1. The van der Waals surface area contributed by atoms with E-state index >= 15 is 0 Å². The molecule has 1 N–H and O–H groups in total. The van der Waals surface area contributed by atoms with Gasteiger partial charge in [-0.2, -0.15) is 0 Å². The molecule has 3 fully saturated rings. The third-order valence-electron chi connectivity index (χ3n) is 4.78. The number of amidine groups is 1. The molecular weight excluding hydrogens is 228 g/mol. The molecule has 3 aliphatic rings. The van der Waals surface area contributed by atoms with Crippen molar-refractivity contribution >= 4 is 16.9 Å². The second-order valence-electron chi connectivity index (χ2n) is 6.28. The minimum Gasteiger partial charge on any atom is -0.359 e. The van der Waals surface area contributed by atoms with Gasteiger partial charge in [0.05, 0.1) is 6.04 Å². The number of thioether (sulfide) groups is 1. The lowest BCUT2D eigenvalue weighted by Gasteiger charge is -2.35. The lowest BCUT2D eigenvalue weighted by Crippen LogP contribution is -2.46. The van der Waals surface area contributed by atoms with Crippen LogP contribution >= 0.6 is 11.8 Å². The molecule has 0 aromatic rings. The van der Waals surface area contributed by atoms with Gasteiger partial charge >= 0.3 is 0 Å². The van der Waals surface area contributed by atoms with Crippen LogP contribution in [0.25, 0.3) is 0 Å². The fraction of sp³-hybridized carbons (Fsp3) is 0.929. The predicted octanol–water partition coefficient (Wildman–Crippen LogP) is 3.43. The van der Waals surface area contributed by atoms with E-state index in [0.717, 1.165) is 11.8 Å². The summed E-state index contributed by atoms with van der Waals surface area (Å²) >= 11 is 1.97. The van der Waals surface area contributed by atoms with Crippen molar-refractivity contribution in [2.45, 2.75) is 64.0 Å². The summed E-state index contributed by atoms with van der Waals surface area (Å²) in [5.74, 6) is 3.07. The molecule has 1 saturated heterocycles. The lowest BCUT2D eigenvalue weighted by atomic mass is 9.78. The Morgan fingerprint density at radius 1 is 1.41 bits per heavy atom. The van der Waals surface area contributed by atoms with Crippen LogP contribution in [-0.4, -0.2) is 22.5 Å². The summed E-state index contributed by atoms with van der Waals surface area (Å²) in [5.41, 5.74) is 0.409. The van der Waals surface area contributed by atoms with Crippen molar-refractivity contribution in [3.8, 4) is 0 Å². The van der Waals surface area contributed by atoms with Gasteiger partial charge in [0.1, 0.15) is 0 Å². The van der Waals surface area contributed by atoms with Gasteiger partial charge in [-0.1, -0.05) is 32.0 Å². The summed E-state index contributed by atoms with van der Waals surface area (Å²) in [6.45, 7) is 4.67. The largest absolute Gasteiger partial charge is 0.359 e. The molecule has 17 heavy (non-hydrogen) atoms. The van der Waals surface area contributed by atoms with Gasteiger partial charge in [0, 0.05) is 11.3 Å². The highest BCUT2D eigenvalue weighted by atomic mass is 32.2. The Kier molecular flexibility index (Phi) is 3.14. The van der Waals surface area contributed by atoms with Gasteiger partial charge in [-0.15, -0.1) is 0 Å². The fourth-order valence-electron chi connectivity index (χ4n) is 3.14. The minimum absolute atomic E-state index is 0.409. The normalized spacial score (nSPS) is 47.4. The quantitative estimate of drug-likeness (QED) is 0.814. The highest BCUT2D eigenvalue weighted by Gasteiger charge is 2.41. The molecule has 1 spiro atoms. The molecule has 2 unspecified atom stereocenters. The molecule has 0 aromatic carbocycles. The van der Waals surface area contributed by atoms with Gasteiger partial charge in [0.25, 0.3) is 0 Å². The Labute approximate surface area is 109 Å². The van der Waals surface area contributed by atoms with Crippen molar-refractivity contribution in [1.82, 2.24) is 5.32 Å². The minimum atomic E-state index is 0.409. The van der Waals surface area contributed by atoms with E-state index in [2.05, 4.69) is 19.2 Å². The summed E-state index contributed by atoms with van der Waals surface area (Å²) in [4.78, 5) is 4.88. The maximum Gasteiger partial charge on any atom is 0.157 e. The van der Waals surface area contributed by atoms with E-state index < -0.39 is 0 Å². The average Bonchev–Trinajstić information content (AvgIpc) is 2.97. The van der Waals surface area contributed by atoms with Crippen LogP contribution in [0, 0.1) is 11.8 Å². The van der Waals surface area contributed by atoms with Crippen molar-refractivity contribution in [2.75, 3.05) is 5.75 Å². The first-order chi connectivity index (χ1) is 8.21. The van der Waals surface area contributed by atoms with E-state index in [0.29, 0.717) is 11.6 Å². The third kappa shape index (κ3) is 2.49. The van der Waals surface area contributed by atoms with E-state index in [1.807, 2.05) is 11.8 Å². The Hall–Kier alpha value is -0.180. The monoisotopic (exact) mass is 252 g/mol. The highest BCUT2D eigenvalue weighted by Crippen LogP contribution is 2.41. The number of rotatable bonds is 2. The first-order valence-corrected chi connectivity index (χ1v) is 8.18. The second kappa shape index (κ2) is 4.49. The second-order valence-corrected chi connectivity index (χ2v) is 7.25. The number of nitrogens with one attached hydrogen (secondary N) is 1. The first-order valence-electron chi connectivity index (χ1n) is 7.19. The zero-order valence-corrected chi connectivity index (χ0v) is 11.9. The lowest BCUT2D eigenvalue weighted by molar-refractivity contribution is 0.251. The van der Waals surface area contributed by atoms with Crippen LogP contribution in [-0.2, 0) is 0 Å². The Morgan fingerprint density at radius 2 is 2.18 bits per heavy atom. The molecule has 0 radical (unpaired) electrons. The van der Waals surface area contributed by atoms with Crippen molar-refractivity contribution in [3.05, 3.63) is 0 Å². The van der Waals surface area contributed by atoms with Crippen LogP contribution in [0.3, 0.4) is 0 Å². The molecule has 3 heteroatoms. The summed E-state index contributed by atoms with van der Waals surface area (Å²) in [6.07, 6.45) is 8.11. The van der Waals surface area contributed by atoms with Crippen molar-refractivity contribution < 1.29 is 0 Å². The van der Waals surface area contributed by atoms with E-state index in [9.17, 15) is 0 Å². The fourth-order valence-corrected chi connectivity index (χ4v) is 4.41. The molecule has 0 aromatic heterocycles. The van der Waals surface area contributed by atoms with E-state index in [1.165, 1.54) is 49.4 Å². The van der Waals surface area contributed by atoms with Crippen LogP contribution in [0.5, 0.6) is 0 Å². The molecule has 2 aliphatic carbocycles. The smallest absolute Gasteiger partial charge is 0.157 e. The predicted molar refractivity (Wildman–Crippen MR) is 75.6 cm³/mol. The van der Waals surface area contributed by atoms with Gasteiger partial charge in [0.2, 0.25) is 0 Å². The molecular formula is C14H24N2S. The van der Waals surface area contributed by atoms with E-state index in [1.54, 1.807) is 0 Å². The molecule has 1 aliphatic heterocycles. The van der Waals surface area contributed by atoms with Crippen LogP contribution < -0.4 is 5.32 Å². The maximum absolute atomic E-state index is 4.88. The zero-order chi connectivity index (χ0) is 11.9. The molecule has 3 rings (SSSR count). The van der Waals surface area contributed by atoms with Gasteiger partial charge in [0.15, 0.2) is 5.17 Å². The van der Waals surface area contributed by atoms with E-state index in [4.69, 9.17) is 4.99 Å². The van der Waals surface area contributed by atoms with Crippen molar-refractivity contribution in [3.63, 3.8) is 0 Å². The molecule has 0 amide bonds. The molecule has 1 heterocycles. The summed E-state index contributed by atoms with van der Waals surface area (Å²) in [7, 11) is 0. The topological polar surface area (TPSA) is 24.4 Å². The van der Waals surface area contributed by atoms with Crippen LogP contribution in [0.1, 0.15) is 52.4 Å². The standard InChI is InChI=1S/C14H24N2S/c1-3-11-8-12(11)15-13-16-14(9-17-13)6-4-10(2)5-7-14/h10-12H,3-9H2,1-2H3,(H,15,16). The van der Waals surface area contributed by atoms with Crippen LogP contribution in [0.15, 0.2) is 4.99 Å².